The fraction of sp³-hybridized carbons (Fsp3) is 0.167. The van der Waals surface area contributed by atoms with Gasteiger partial charge in [-0.15, -0.1) is 10.2 Å². The fourth-order valence-corrected chi connectivity index (χ4v) is 3.05. The van der Waals surface area contributed by atoms with Gasteiger partial charge in [-0.25, -0.2) is 16.3 Å². The molecule has 28 heavy (non-hydrogen) atoms. The lowest BCUT2D eigenvalue weighted by molar-refractivity contribution is -0.141. The Hall–Kier alpha value is -3.74. The first kappa shape index (κ1) is 17.7. The number of urea groups is 1. The molecule has 2 amide bonds. The maximum atomic E-state index is 13.0. The molecule has 10 heteroatoms. The molecule has 0 bridgehead atoms. The average Bonchev–Trinajstić information content (AvgIpc) is 3.03. The van der Waals surface area contributed by atoms with Crippen molar-refractivity contribution >= 4 is 28.3 Å². The van der Waals surface area contributed by atoms with Crippen LogP contribution >= 0.6 is 0 Å². The van der Waals surface area contributed by atoms with Crippen molar-refractivity contribution in [3.05, 3.63) is 65.9 Å². The Morgan fingerprint density at radius 1 is 1.11 bits per heavy atom. The molecule has 0 radical (unpaired) electrons. The number of hydrogen-bond acceptors (Lipinski definition) is 4. The van der Waals surface area contributed by atoms with E-state index < -0.39 is 24.1 Å². The van der Waals surface area contributed by atoms with Crippen LogP contribution in [0.15, 0.2) is 48.8 Å². The highest BCUT2D eigenvalue weighted by Gasteiger charge is 2.45. The monoisotopic (exact) mass is 384 g/mol. The quantitative estimate of drug-likeness (QED) is 0.632. The summed E-state index contributed by atoms with van der Waals surface area (Å²) in [6.45, 7) is 7.40. The molecular formula is C18H11F3N6O. The van der Waals surface area contributed by atoms with Gasteiger partial charge in [-0.05, 0) is 12.1 Å². The van der Waals surface area contributed by atoms with Crippen LogP contribution in [0.4, 0.5) is 29.5 Å². The van der Waals surface area contributed by atoms with Gasteiger partial charge >= 0.3 is 18.4 Å². The molecule has 2 aromatic heterocycles. The smallest absolute Gasteiger partial charge is 0.287 e. The van der Waals surface area contributed by atoms with Gasteiger partial charge in [-0.3, -0.25) is 14.7 Å². The second kappa shape index (κ2) is 6.45. The fourth-order valence-electron chi connectivity index (χ4n) is 3.05. The van der Waals surface area contributed by atoms with Crippen LogP contribution in [-0.2, 0) is 6.18 Å². The molecule has 1 aliphatic heterocycles. The van der Waals surface area contributed by atoms with E-state index in [1.807, 2.05) is 12.1 Å². The summed E-state index contributed by atoms with van der Waals surface area (Å²) in [6.07, 6.45) is -2.37. The number of fused-ring (bicyclic) bond motifs is 1. The molecule has 0 aliphatic carbocycles. The van der Waals surface area contributed by atoms with E-state index in [1.165, 1.54) is 11.1 Å². The Balaban J connectivity index is 1.73. The number of pyridine rings is 1. The maximum absolute atomic E-state index is 13.0. The number of anilines is 2. The number of carbonyl (C=O) groups excluding carboxylic acids is 1. The van der Waals surface area contributed by atoms with Crippen molar-refractivity contribution in [2.75, 3.05) is 16.3 Å². The lowest BCUT2D eigenvalue weighted by atomic mass is 10.1. The van der Waals surface area contributed by atoms with Crippen LogP contribution in [0.1, 0.15) is 5.69 Å². The Labute approximate surface area is 156 Å². The van der Waals surface area contributed by atoms with Gasteiger partial charge in [-0.1, -0.05) is 24.3 Å². The van der Waals surface area contributed by atoms with E-state index in [2.05, 4.69) is 20.0 Å². The molecular weight excluding hydrogens is 373 g/mol. The van der Waals surface area contributed by atoms with Gasteiger partial charge in [0.1, 0.15) is 6.54 Å². The predicted molar refractivity (Wildman–Crippen MR) is 94.4 cm³/mol. The van der Waals surface area contributed by atoms with Crippen molar-refractivity contribution in [1.82, 2.24) is 15.2 Å². The van der Waals surface area contributed by atoms with Crippen molar-refractivity contribution in [2.24, 2.45) is 0 Å². The zero-order valence-electron chi connectivity index (χ0n) is 14.1. The van der Waals surface area contributed by atoms with Crippen molar-refractivity contribution in [3.63, 3.8) is 0 Å². The van der Waals surface area contributed by atoms with Gasteiger partial charge in [0.05, 0.1) is 11.9 Å². The van der Waals surface area contributed by atoms with Crippen LogP contribution in [-0.4, -0.2) is 33.9 Å². The van der Waals surface area contributed by atoms with Crippen LogP contribution in [0.2, 0.25) is 0 Å². The summed E-state index contributed by atoms with van der Waals surface area (Å²) in [4.78, 5) is 23.0. The molecule has 7 nitrogen and oxygen atoms in total. The number of carbonyl (C=O) groups is 1. The van der Waals surface area contributed by atoms with Crippen molar-refractivity contribution in [2.45, 2.75) is 12.3 Å². The lowest BCUT2D eigenvalue weighted by Gasteiger charge is -2.18. The van der Waals surface area contributed by atoms with E-state index in [9.17, 15) is 18.0 Å². The molecule has 0 unspecified atom stereocenters. The Morgan fingerprint density at radius 3 is 2.57 bits per heavy atom. The number of halogens is 3. The van der Waals surface area contributed by atoms with Crippen molar-refractivity contribution in [3.8, 4) is 0 Å². The van der Waals surface area contributed by atoms with E-state index in [-0.39, 0.29) is 12.4 Å². The number of hydrogen-bond donors (Lipinski definition) is 0. The molecule has 0 N–H and O–H groups in total. The highest BCUT2D eigenvalue weighted by molar-refractivity contribution is 6.11. The van der Waals surface area contributed by atoms with E-state index in [0.717, 1.165) is 27.8 Å². The van der Waals surface area contributed by atoms with Gasteiger partial charge < -0.3 is 0 Å². The normalized spacial score (nSPS) is 17.2. The topological polar surface area (TPSA) is 66.6 Å². The molecule has 1 saturated heterocycles. The summed E-state index contributed by atoms with van der Waals surface area (Å²) in [5, 5.41) is 8.21. The third-order valence-corrected chi connectivity index (χ3v) is 4.35. The Kier molecular flexibility index (Phi) is 4.07. The molecule has 1 aromatic carbocycles. The zero-order valence-corrected chi connectivity index (χ0v) is 14.1. The summed E-state index contributed by atoms with van der Waals surface area (Å²) in [7, 11) is 0. The van der Waals surface area contributed by atoms with Crippen LogP contribution < -0.4 is 9.80 Å². The predicted octanol–water partition coefficient (Wildman–Crippen LogP) is 3.74. The number of alkyl halides is 3. The van der Waals surface area contributed by atoms with Gasteiger partial charge in [-0.2, -0.15) is 13.2 Å². The molecule has 1 aliphatic rings. The summed E-state index contributed by atoms with van der Waals surface area (Å²) in [5.41, 5.74) is -0.703. The Bertz CT molecular complexity index is 1090. The summed E-state index contributed by atoms with van der Waals surface area (Å²) >= 11 is 0. The molecule has 140 valence electrons. The van der Waals surface area contributed by atoms with Gasteiger partial charge in [0, 0.05) is 17.0 Å². The van der Waals surface area contributed by atoms with E-state index in [1.54, 1.807) is 18.3 Å². The van der Waals surface area contributed by atoms with Gasteiger partial charge in [0.25, 0.3) is 0 Å². The summed E-state index contributed by atoms with van der Waals surface area (Å²) in [5.74, 6) is -0.0534. The molecule has 4 rings (SSSR count). The van der Waals surface area contributed by atoms with Crippen LogP contribution in [0.25, 0.3) is 15.6 Å². The van der Waals surface area contributed by atoms with Crippen LogP contribution in [0.3, 0.4) is 0 Å². The van der Waals surface area contributed by atoms with Crippen LogP contribution in [0, 0.1) is 6.57 Å². The first-order valence-corrected chi connectivity index (χ1v) is 8.11. The molecule has 3 heterocycles. The minimum atomic E-state index is -4.62. The second-order valence-electron chi connectivity index (χ2n) is 6.03. The summed E-state index contributed by atoms with van der Waals surface area (Å²) in [6, 6.07) is 8.52. The van der Waals surface area contributed by atoms with E-state index in [0.29, 0.717) is 5.69 Å². The highest BCUT2D eigenvalue weighted by Crippen LogP contribution is 2.34. The maximum Gasteiger partial charge on any atom is 0.435 e. The molecule has 0 saturated carbocycles. The largest absolute Gasteiger partial charge is 0.435 e. The van der Waals surface area contributed by atoms with Gasteiger partial charge in [0.15, 0.2) is 11.5 Å². The van der Waals surface area contributed by atoms with Crippen LogP contribution in [0.5, 0.6) is 0 Å². The molecule has 3 aromatic rings. The minimum absolute atomic E-state index is 0.0500. The van der Waals surface area contributed by atoms with Gasteiger partial charge in [0.2, 0.25) is 0 Å². The Morgan fingerprint density at radius 2 is 1.89 bits per heavy atom. The number of rotatable bonds is 2. The first-order chi connectivity index (χ1) is 13.4. The third-order valence-electron chi connectivity index (χ3n) is 4.35. The average molecular weight is 384 g/mol. The number of benzene rings is 1. The SMILES string of the molecule is [C-]#[N+][C@H]1CN(c2ccc(C(F)(F)F)nn2)C(=O)N1c1cncc2ccccc12. The van der Waals surface area contributed by atoms with Crippen molar-refractivity contribution in [1.29, 1.82) is 0 Å². The van der Waals surface area contributed by atoms with E-state index in [4.69, 9.17) is 6.57 Å². The number of amides is 2. The minimum Gasteiger partial charge on any atom is -0.287 e. The summed E-state index contributed by atoms with van der Waals surface area (Å²) < 4.78 is 38.1. The second-order valence-corrected chi connectivity index (χ2v) is 6.03. The zero-order chi connectivity index (χ0) is 19.9. The molecule has 1 atom stereocenters. The third kappa shape index (κ3) is 2.87. The number of nitrogens with zero attached hydrogens (tertiary/aromatic N) is 6. The molecule has 1 fully saturated rings. The van der Waals surface area contributed by atoms with E-state index >= 15 is 0 Å². The highest BCUT2D eigenvalue weighted by atomic mass is 19.4. The first-order valence-electron chi connectivity index (χ1n) is 8.11. The molecule has 0 spiro atoms. The van der Waals surface area contributed by atoms with Crippen molar-refractivity contribution < 1.29 is 18.0 Å². The lowest BCUT2D eigenvalue weighted by Crippen LogP contribution is -2.34. The standard InChI is InChI=1S/C18H11F3N6O/c1-22-16-10-26(15-7-6-14(24-25-15)18(19,20)21)17(28)27(16)13-9-23-8-11-4-2-3-5-12(11)13/h2-9,16H,10H2/t16-/m1/s1. The number of aromatic nitrogens is 3.